The van der Waals surface area contributed by atoms with Gasteiger partial charge in [-0.25, -0.2) is 18.7 Å². The highest BCUT2D eigenvalue weighted by atomic mass is 19.3. The van der Waals surface area contributed by atoms with Crippen LogP contribution in [-0.4, -0.2) is 81.7 Å². The van der Waals surface area contributed by atoms with Crippen LogP contribution in [0.25, 0.3) is 0 Å². The Morgan fingerprint density at radius 2 is 1.63 bits per heavy atom. The number of hydrogen-bond donors (Lipinski definition) is 2. The summed E-state index contributed by atoms with van der Waals surface area (Å²) in [4.78, 5) is 51.7. The van der Waals surface area contributed by atoms with Crippen LogP contribution in [0.1, 0.15) is 89.4 Å². The number of likely N-dealkylation sites (tertiary alicyclic amines) is 1. The fraction of sp³-hybridized carbons (Fsp3) is 0.486. The number of carbonyl (C=O) groups excluding carboxylic acids is 3. The first-order valence-corrected chi connectivity index (χ1v) is 17.5. The summed E-state index contributed by atoms with van der Waals surface area (Å²) in [5.74, 6) is -3.69. The average Bonchev–Trinajstić information content (AvgIpc) is 3.89. The molecule has 1 aliphatic carbocycles. The van der Waals surface area contributed by atoms with Crippen LogP contribution in [-0.2, 0) is 22.7 Å². The average molecular weight is 670 g/mol. The lowest BCUT2D eigenvalue weighted by Gasteiger charge is -2.39. The van der Waals surface area contributed by atoms with Gasteiger partial charge >= 0.3 is 0 Å². The summed E-state index contributed by atoms with van der Waals surface area (Å²) in [7, 11) is 0. The van der Waals surface area contributed by atoms with E-state index < -0.39 is 23.8 Å². The van der Waals surface area contributed by atoms with Gasteiger partial charge in [0, 0.05) is 62.3 Å². The second-order valence-corrected chi connectivity index (χ2v) is 14.3. The Hall–Kier alpha value is -4.45. The molecular formula is C37H41F2N7O3. The third-order valence-electron chi connectivity index (χ3n) is 10.9. The number of amides is 3. The molecule has 49 heavy (non-hydrogen) atoms. The maximum Gasteiger partial charge on any atom is 0.267 e. The highest BCUT2D eigenvalue weighted by Gasteiger charge is 2.46. The van der Waals surface area contributed by atoms with Crippen LogP contribution in [0, 0.1) is 0 Å². The van der Waals surface area contributed by atoms with E-state index in [0.717, 1.165) is 37.2 Å². The van der Waals surface area contributed by atoms with Gasteiger partial charge in [0.2, 0.25) is 17.8 Å². The van der Waals surface area contributed by atoms with Crippen LogP contribution in [0.15, 0.2) is 54.9 Å². The van der Waals surface area contributed by atoms with E-state index in [9.17, 15) is 14.4 Å². The molecule has 3 saturated heterocycles. The SMILES string of the molecule is O=C1CCC(N2Cc3cc([C@H]4CCN(Cc5ccc(N6CCC(Nc7ncc(C8CC8)cn7)CC6)cc5)CC4(F)F)ccc3C2=O)C(=O)N1. The molecule has 1 saturated carbocycles. The molecule has 4 fully saturated rings. The van der Waals surface area contributed by atoms with E-state index in [1.807, 2.05) is 29.4 Å². The Kier molecular flexibility index (Phi) is 8.29. The molecule has 5 heterocycles. The summed E-state index contributed by atoms with van der Waals surface area (Å²) >= 11 is 0. The van der Waals surface area contributed by atoms with Gasteiger partial charge in [-0.05, 0) is 91.4 Å². The molecule has 5 aliphatic rings. The molecule has 2 atom stereocenters. The van der Waals surface area contributed by atoms with Crippen LogP contribution in [0.4, 0.5) is 20.4 Å². The molecule has 8 rings (SSSR count). The summed E-state index contributed by atoms with van der Waals surface area (Å²) in [6.45, 7) is 2.66. The normalized spacial score (nSPS) is 24.6. The van der Waals surface area contributed by atoms with Crippen molar-refractivity contribution in [2.24, 2.45) is 0 Å². The third-order valence-corrected chi connectivity index (χ3v) is 10.9. The van der Waals surface area contributed by atoms with Gasteiger partial charge in [-0.3, -0.25) is 24.6 Å². The topological polar surface area (TPSA) is 111 Å². The lowest BCUT2D eigenvalue weighted by Crippen LogP contribution is -2.52. The van der Waals surface area contributed by atoms with Crippen molar-refractivity contribution in [1.82, 2.24) is 25.1 Å². The monoisotopic (exact) mass is 669 g/mol. The molecule has 256 valence electrons. The minimum Gasteiger partial charge on any atom is -0.371 e. The number of rotatable bonds is 8. The van der Waals surface area contributed by atoms with Crippen LogP contribution in [0.3, 0.4) is 0 Å². The lowest BCUT2D eigenvalue weighted by molar-refractivity contribution is -0.136. The van der Waals surface area contributed by atoms with E-state index in [4.69, 9.17) is 0 Å². The zero-order valence-electron chi connectivity index (χ0n) is 27.4. The van der Waals surface area contributed by atoms with Crippen LogP contribution >= 0.6 is 0 Å². The molecule has 1 aromatic heterocycles. The largest absolute Gasteiger partial charge is 0.371 e. The van der Waals surface area contributed by atoms with Crippen molar-refractivity contribution in [1.29, 1.82) is 0 Å². The van der Waals surface area contributed by atoms with Gasteiger partial charge in [0.1, 0.15) is 6.04 Å². The fourth-order valence-corrected chi connectivity index (χ4v) is 7.94. The number of alkyl halides is 2. The van der Waals surface area contributed by atoms with Gasteiger partial charge in [-0.1, -0.05) is 24.3 Å². The molecule has 12 heteroatoms. The standard InChI is InChI=1S/C37H41F2N7O3/c38-37(39)22-44(14-13-31(37)25-5-8-30-26(17-25)21-46(35(30)49)32-9-10-33(47)43-34(32)48)20-23-1-6-29(7-2-23)45-15-11-28(12-16-45)42-36-40-18-27(19-41-36)24-3-4-24/h1-2,5-8,17-19,24,28,31-32H,3-4,9-16,20-22H2,(H,40,41,42)(H,43,47,48)/t31-,32?/m1/s1. The smallest absolute Gasteiger partial charge is 0.267 e. The minimum atomic E-state index is -2.94. The van der Waals surface area contributed by atoms with E-state index in [1.54, 1.807) is 18.2 Å². The molecule has 2 aromatic carbocycles. The van der Waals surface area contributed by atoms with Gasteiger partial charge in [0.25, 0.3) is 11.8 Å². The van der Waals surface area contributed by atoms with E-state index in [-0.39, 0.29) is 37.7 Å². The first-order valence-electron chi connectivity index (χ1n) is 17.5. The van der Waals surface area contributed by atoms with Crippen molar-refractivity contribution in [2.45, 2.75) is 87.9 Å². The first-order chi connectivity index (χ1) is 23.7. The van der Waals surface area contributed by atoms with Crippen molar-refractivity contribution in [2.75, 3.05) is 36.4 Å². The number of benzene rings is 2. The Morgan fingerprint density at radius 1 is 0.878 bits per heavy atom. The predicted molar refractivity (Wildman–Crippen MR) is 179 cm³/mol. The van der Waals surface area contributed by atoms with Gasteiger partial charge in [-0.15, -0.1) is 0 Å². The Morgan fingerprint density at radius 3 is 2.33 bits per heavy atom. The van der Waals surface area contributed by atoms with Crippen molar-refractivity contribution in [3.8, 4) is 0 Å². The summed E-state index contributed by atoms with van der Waals surface area (Å²) in [5, 5.41) is 5.79. The first kappa shape index (κ1) is 31.8. The number of nitrogens with one attached hydrogen (secondary N) is 2. The van der Waals surface area contributed by atoms with Gasteiger partial charge < -0.3 is 15.1 Å². The molecule has 0 radical (unpaired) electrons. The number of nitrogens with zero attached hydrogens (tertiary/aromatic N) is 5. The molecule has 1 unspecified atom stereocenters. The Labute approximate surface area is 284 Å². The van der Waals surface area contributed by atoms with Crippen molar-refractivity contribution in [3.05, 3.63) is 82.7 Å². The van der Waals surface area contributed by atoms with Crippen LogP contribution in [0.5, 0.6) is 0 Å². The summed E-state index contributed by atoms with van der Waals surface area (Å²) in [6, 6.07) is 12.8. The summed E-state index contributed by atoms with van der Waals surface area (Å²) in [5.41, 5.74) is 4.98. The van der Waals surface area contributed by atoms with Crippen LogP contribution < -0.4 is 15.5 Å². The maximum absolute atomic E-state index is 15.7. The van der Waals surface area contributed by atoms with E-state index >= 15 is 8.78 Å². The van der Waals surface area contributed by atoms with Gasteiger partial charge in [0.15, 0.2) is 0 Å². The second kappa shape index (κ2) is 12.8. The highest BCUT2D eigenvalue weighted by molar-refractivity contribution is 6.05. The van der Waals surface area contributed by atoms with Crippen LogP contribution in [0.2, 0.25) is 0 Å². The molecule has 0 bridgehead atoms. The number of carbonyl (C=O) groups is 3. The molecule has 10 nitrogen and oxygen atoms in total. The molecule has 3 amide bonds. The van der Waals surface area contributed by atoms with Crippen molar-refractivity contribution in [3.63, 3.8) is 0 Å². The molecule has 3 aromatic rings. The minimum absolute atomic E-state index is 0.167. The number of fused-ring (bicyclic) bond motifs is 1. The van der Waals surface area contributed by atoms with Crippen molar-refractivity contribution < 1.29 is 23.2 Å². The number of imide groups is 1. The van der Waals surface area contributed by atoms with E-state index in [1.165, 1.54) is 23.3 Å². The number of halogens is 2. The Balaban J connectivity index is 0.834. The quantitative estimate of drug-likeness (QED) is 0.329. The predicted octanol–water partition coefficient (Wildman–Crippen LogP) is 4.82. The zero-order chi connectivity index (χ0) is 33.7. The number of aromatic nitrogens is 2. The third kappa shape index (κ3) is 6.62. The molecule has 4 aliphatic heterocycles. The molecule has 2 N–H and O–H groups in total. The van der Waals surface area contributed by atoms with E-state index in [0.29, 0.717) is 54.1 Å². The maximum atomic E-state index is 15.7. The fourth-order valence-electron chi connectivity index (χ4n) is 7.94. The Bertz CT molecular complexity index is 1740. The summed E-state index contributed by atoms with van der Waals surface area (Å²) in [6.07, 6.45) is 9.08. The molecule has 0 spiro atoms. The highest BCUT2D eigenvalue weighted by Crippen LogP contribution is 2.42. The molecular weight excluding hydrogens is 628 g/mol. The van der Waals surface area contributed by atoms with Gasteiger partial charge in [0.05, 0.1) is 12.5 Å². The number of piperidine rings is 3. The number of hydrogen-bond acceptors (Lipinski definition) is 8. The van der Waals surface area contributed by atoms with E-state index in [2.05, 4.69) is 37.6 Å². The van der Waals surface area contributed by atoms with Crippen molar-refractivity contribution >= 4 is 29.4 Å². The zero-order valence-corrected chi connectivity index (χ0v) is 27.4. The number of anilines is 2. The lowest BCUT2D eigenvalue weighted by atomic mass is 9.85. The second-order valence-electron chi connectivity index (χ2n) is 14.3. The van der Waals surface area contributed by atoms with Gasteiger partial charge in [-0.2, -0.15) is 0 Å². The summed E-state index contributed by atoms with van der Waals surface area (Å²) < 4.78 is 31.4.